The van der Waals surface area contributed by atoms with E-state index in [1.807, 2.05) is 36.4 Å². The molecule has 0 amide bonds. The molecule has 1 aliphatic heterocycles. The van der Waals surface area contributed by atoms with Crippen LogP contribution in [0, 0.1) is 5.82 Å². The van der Waals surface area contributed by atoms with E-state index in [4.69, 9.17) is 9.47 Å². The molecule has 0 saturated heterocycles. The number of benzene rings is 3. The van der Waals surface area contributed by atoms with Gasteiger partial charge in [-0.1, -0.05) is 53.8 Å². The van der Waals surface area contributed by atoms with Gasteiger partial charge in [0.15, 0.2) is 4.80 Å². The van der Waals surface area contributed by atoms with Gasteiger partial charge in [0.05, 0.1) is 35.6 Å². The Bertz CT molecular complexity index is 1700. The highest BCUT2D eigenvalue weighted by Crippen LogP contribution is 2.37. The summed E-state index contributed by atoms with van der Waals surface area (Å²) in [5.74, 6) is -0.178. The second-order valence-electron chi connectivity index (χ2n) is 8.26. The van der Waals surface area contributed by atoms with E-state index in [-0.39, 0.29) is 18.0 Å². The molecule has 0 fully saturated rings. The smallest absolute Gasteiger partial charge is 0.338 e. The minimum atomic E-state index is -0.744. The number of esters is 1. The van der Waals surface area contributed by atoms with Crippen LogP contribution < -0.4 is 19.6 Å². The van der Waals surface area contributed by atoms with Crippen molar-refractivity contribution in [3.05, 3.63) is 109 Å². The van der Waals surface area contributed by atoms with Crippen molar-refractivity contribution in [1.29, 1.82) is 0 Å². The summed E-state index contributed by atoms with van der Waals surface area (Å²) in [4.78, 5) is 32.0. The molecule has 0 bridgehead atoms. The Kier molecular flexibility index (Phi) is 6.28. The number of ether oxygens (including phenoxy) is 2. The predicted molar refractivity (Wildman–Crippen MR) is 137 cm³/mol. The molecule has 0 aliphatic carbocycles. The molecule has 0 N–H and O–H groups in total. The van der Waals surface area contributed by atoms with E-state index in [0.29, 0.717) is 31.9 Å². The lowest BCUT2D eigenvalue weighted by Crippen LogP contribution is -2.40. The van der Waals surface area contributed by atoms with E-state index < -0.39 is 12.0 Å². The van der Waals surface area contributed by atoms with Gasteiger partial charge in [0.25, 0.3) is 5.56 Å². The quantitative estimate of drug-likeness (QED) is 0.386. The first-order valence-electron chi connectivity index (χ1n) is 11.4. The molecule has 3 aromatic carbocycles. The first-order valence-corrected chi connectivity index (χ1v) is 12.3. The number of aromatic nitrogens is 1. The summed E-state index contributed by atoms with van der Waals surface area (Å²) < 4.78 is 26.3. The minimum absolute atomic E-state index is 0.195. The van der Waals surface area contributed by atoms with Crippen molar-refractivity contribution < 1.29 is 18.7 Å². The van der Waals surface area contributed by atoms with Crippen molar-refractivity contribution in [2.24, 2.45) is 4.99 Å². The molecule has 1 atom stereocenters. The highest BCUT2D eigenvalue weighted by molar-refractivity contribution is 7.07. The Morgan fingerprint density at radius 2 is 1.83 bits per heavy atom. The fraction of sp³-hybridized carbons (Fsp3) is 0.179. The van der Waals surface area contributed by atoms with Crippen LogP contribution in [0.25, 0.3) is 16.8 Å². The molecule has 0 unspecified atom stereocenters. The van der Waals surface area contributed by atoms with E-state index in [2.05, 4.69) is 4.99 Å². The molecular formula is C28H23FN2O4S. The molecule has 0 radical (unpaired) electrons. The zero-order valence-electron chi connectivity index (χ0n) is 19.9. The van der Waals surface area contributed by atoms with Gasteiger partial charge in [0.1, 0.15) is 11.6 Å². The SMILES string of the molecule is CCOC(=O)C1=C(C)N=c2s/c(=C\c3ccc(F)cc3)c(=O)n2[C@@H]1c1ccc(OC)c2ccccc12. The third-order valence-electron chi connectivity index (χ3n) is 6.12. The number of halogens is 1. The topological polar surface area (TPSA) is 69.9 Å². The molecule has 0 saturated carbocycles. The molecule has 8 heteroatoms. The fourth-order valence-corrected chi connectivity index (χ4v) is 5.55. The molecule has 182 valence electrons. The van der Waals surface area contributed by atoms with Gasteiger partial charge >= 0.3 is 5.97 Å². The molecule has 6 nitrogen and oxygen atoms in total. The number of fused-ring (bicyclic) bond motifs is 2. The van der Waals surface area contributed by atoms with Crippen molar-refractivity contribution >= 4 is 34.2 Å². The van der Waals surface area contributed by atoms with E-state index in [1.54, 1.807) is 43.7 Å². The number of rotatable bonds is 5. The van der Waals surface area contributed by atoms with Crippen LogP contribution in [0.2, 0.25) is 0 Å². The zero-order chi connectivity index (χ0) is 25.4. The number of thiazole rings is 1. The third kappa shape index (κ3) is 4.03. The normalized spacial score (nSPS) is 15.6. The average Bonchev–Trinajstić information content (AvgIpc) is 3.18. The number of carbonyl (C=O) groups is 1. The van der Waals surface area contributed by atoms with Crippen LogP contribution in [0.1, 0.15) is 31.0 Å². The molecule has 1 aliphatic rings. The zero-order valence-corrected chi connectivity index (χ0v) is 20.8. The van der Waals surface area contributed by atoms with Crippen molar-refractivity contribution in [2.75, 3.05) is 13.7 Å². The summed E-state index contributed by atoms with van der Waals surface area (Å²) in [5, 5.41) is 1.72. The van der Waals surface area contributed by atoms with Gasteiger partial charge in [-0.2, -0.15) is 0 Å². The summed E-state index contributed by atoms with van der Waals surface area (Å²) in [7, 11) is 1.61. The summed E-state index contributed by atoms with van der Waals surface area (Å²) in [5.41, 5.74) is 1.97. The Balaban J connectivity index is 1.81. The molecule has 1 aromatic heterocycles. The Hall–Kier alpha value is -4.04. The maximum Gasteiger partial charge on any atom is 0.338 e. The monoisotopic (exact) mass is 502 g/mol. The van der Waals surface area contributed by atoms with Gasteiger partial charge in [0, 0.05) is 5.39 Å². The number of carbonyl (C=O) groups excluding carboxylic acids is 1. The maximum absolute atomic E-state index is 13.8. The third-order valence-corrected chi connectivity index (χ3v) is 7.10. The van der Waals surface area contributed by atoms with Gasteiger partial charge in [-0.25, -0.2) is 14.2 Å². The standard InChI is InChI=1S/C28H23FN2O4S/c1-4-35-27(33)24-16(2)30-28-31(26(32)23(36-28)15-17-9-11-18(29)12-10-17)25(24)21-13-14-22(34-3)20-8-6-5-7-19(20)21/h5-15,25H,4H2,1-3H3/b23-15-/t25-/m1/s1. The molecular weight excluding hydrogens is 479 g/mol. The van der Waals surface area contributed by atoms with E-state index in [9.17, 15) is 14.0 Å². The lowest BCUT2D eigenvalue weighted by Gasteiger charge is -2.26. The summed E-state index contributed by atoms with van der Waals surface area (Å²) >= 11 is 1.23. The van der Waals surface area contributed by atoms with Crippen molar-refractivity contribution in [3.63, 3.8) is 0 Å². The Labute approximate surface area is 210 Å². The maximum atomic E-state index is 13.8. The summed E-state index contributed by atoms with van der Waals surface area (Å²) in [6.07, 6.45) is 1.70. The van der Waals surface area contributed by atoms with Crippen LogP contribution in [-0.4, -0.2) is 24.3 Å². The second kappa shape index (κ2) is 9.54. The first-order chi connectivity index (χ1) is 17.4. The van der Waals surface area contributed by atoms with Gasteiger partial charge in [0.2, 0.25) is 0 Å². The molecule has 5 rings (SSSR count). The Morgan fingerprint density at radius 1 is 1.11 bits per heavy atom. The second-order valence-corrected chi connectivity index (χ2v) is 9.27. The predicted octanol–water partition coefficient (Wildman–Crippen LogP) is 4.10. The molecule has 4 aromatic rings. The van der Waals surface area contributed by atoms with Crippen molar-refractivity contribution in [1.82, 2.24) is 4.57 Å². The van der Waals surface area contributed by atoms with E-state index >= 15 is 0 Å². The largest absolute Gasteiger partial charge is 0.496 e. The molecule has 2 heterocycles. The van der Waals surface area contributed by atoms with Gasteiger partial charge < -0.3 is 9.47 Å². The van der Waals surface area contributed by atoms with Crippen molar-refractivity contribution in [2.45, 2.75) is 19.9 Å². The number of allylic oxidation sites excluding steroid dienone is 1. The van der Waals surface area contributed by atoms with E-state index in [1.165, 1.54) is 23.5 Å². The minimum Gasteiger partial charge on any atom is -0.496 e. The first kappa shape index (κ1) is 23.7. The number of nitrogens with zero attached hydrogens (tertiary/aromatic N) is 2. The Morgan fingerprint density at radius 3 is 2.53 bits per heavy atom. The molecule has 0 spiro atoms. The van der Waals surface area contributed by atoms with Crippen molar-refractivity contribution in [3.8, 4) is 5.75 Å². The fourth-order valence-electron chi connectivity index (χ4n) is 4.51. The number of hydrogen-bond acceptors (Lipinski definition) is 6. The van der Waals surface area contributed by atoms with Gasteiger partial charge in [-0.3, -0.25) is 9.36 Å². The van der Waals surface area contributed by atoms with Crippen LogP contribution >= 0.6 is 11.3 Å². The van der Waals surface area contributed by atoms with Gasteiger partial charge in [-0.05, 0) is 54.6 Å². The van der Waals surface area contributed by atoms with Crippen LogP contribution in [0.15, 0.2) is 81.7 Å². The average molecular weight is 503 g/mol. The van der Waals surface area contributed by atoms with Crippen LogP contribution in [0.4, 0.5) is 4.39 Å². The lowest BCUT2D eigenvalue weighted by molar-refractivity contribution is -0.139. The lowest BCUT2D eigenvalue weighted by atomic mass is 9.91. The number of hydrogen-bond donors (Lipinski definition) is 0. The molecule has 36 heavy (non-hydrogen) atoms. The summed E-state index contributed by atoms with van der Waals surface area (Å²) in [6, 6.07) is 16.6. The van der Waals surface area contributed by atoms with Crippen LogP contribution in [0.5, 0.6) is 5.75 Å². The highest BCUT2D eigenvalue weighted by atomic mass is 32.1. The van der Waals surface area contributed by atoms with Crippen LogP contribution in [0.3, 0.4) is 0 Å². The number of methoxy groups -OCH3 is 1. The highest BCUT2D eigenvalue weighted by Gasteiger charge is 2.34. The summed E-state index contributed by atoms with van der Waals surface area (Å²) in [6.45, 7) is 3.69. The van der Waals surface area contributed by atoms with Gasteiger partial charge in [-0.15, -0.1) is 0 Å². The van der Waals surface area contributed by atoms with Crippen LogP contribution in [-0.2, 0) is 9.53 Å². The van der Waals surface area contributed by atoms with E-state index in [0.717, 1.165) is 16.3 Å².